The van der Waals surface area contributed by atoms with Gasteiger partial charge in [0.15, 0.2) is 0 Å². The number of ether oxygens (including phenoxy) is 1. The first kappa shape index (κ1) is 12.2. The summed E-state index contributed by atoms with van der Waals surface area (Å²) in [6, 6.07) is 9.39. The van der Waals surface area contributed by atoms with Crippen molar-refractivity contribution in [3.05, 3.63) is 46.4 Å². The van der Waals surface area contributed by atoms with Gasteiger partial charge in [0.25, 0.3) is 5.56 Å². The van der Waals surface area contributed by atoms with Crippen LogP contribution in [0.3, 0.4) is 0 Å². The molecule has 18 heavy (non-hydrogen) atoms. The van der Waals surface area contributed by atoms with Gasteiger partial charge in [-0.1, -0.05) is 19.1 Å². The van der Waals surface area contributed by atoms with Gasteiger partial charge in [-0.15, -0.1) is 0 Å². The van der Waals surface area contributed by atoms with Crippen molar-refractivity contribution in [1.82, 2.24) is 4.98 Å². The fourth-order valence-electron chi connectivity index (χ4n) is 1.89. The number of aromatic amines is 1. The molecular weight excluding hydrogens is 228 g/mol. The largest absolute Gasteiger partial charge is 0.497 e. The molecule has 0 atom stereocenters. The topological polar surface area (TPSA) is 68.1 Å². The van der Waals surface area contributed by atoms with Crippen LogP contribution in [0, 0.1) is 0 Å². The van der Waals surface area contributed by atoms with Crippen molar-refractivity contribution in [1.29, 1.82) is 0 Å². The van der Waals surface area contributed by atoms with E-state index in [0.29, 0.717) is 0 Å². The lowest BCUT2D eigenvalue weighted by Crippen LogP contribution is -2.14. The van der Waals surface area contributed by atoms with Crippen LogP contribution in [0.2, 0.25) is 0 Å². The predicted octanol–water partition coefficient (Wildman–Crippen LogP) is 2.20. The maximum Gasteiger partial charge on any atom is 0.271 e. The minimum atomic E-state index is -0.232. The van der Waals surface area contributed by atoms with Gasteiger partial charge in [0.1, 0.15) is 5.75 Å². The van der Waals surface area contributed by atoms with Crippen LogP contribution < -0.4 is 16.0 Å². The summed E-state index contributed by atoms with van der Waals surface area (Å²) in [4.78, 5) is 14.3. The van der Waals surface area contributed by atoms with E-state index < -0.39 is 0 Å². The Morgan fingerprint density at radius 2 is 1.94 bits per heavy atom. The summed E-state index contributed by atoms with van der Waals surface area (Å²) in [6.45, 7) is 1.99. The quantitative estimate of drug-likeness (QED) is 0.869. The number of benzene rings is 1. The summed E-state index contributed by atoms with van der Waals surface area (Å²) in [6.07, 6.45) is 0.747. The molecule has 0 aliphatic rings. The normalized spacial score (nSPS) is 10.3. The molecule has 0 aliphatic carbocycles. The molecule has 94 valence electrons. The lowest BCUT2D eigenvalue weighted by molar-refractivity contribution is 0.415. The second-order valence-electron chi connectivity index (χ2n) is 4.03. The molecule has 0 radical (unpaired) electrons. The van der Waals surface area contributed by atoms with Crippen LogP contribution in [0.1, 0.15) is 12.6 Å². The molecular formula is C14H16N2O2. The molecule has 0 fully saturated rings. The molecule has 1 aromatic carbocycles. The Morgan fingerprint density at radius 3 is 2.50 bits per heavy atom. The maximum atomic E-state index is 11.5. The Hall–Kier alpha value is -2.23. The van der Waals surface area contributed by atoms with Crippen molar-refractivity contribution in [3.8, 4) is 16.9 Å². The van der Waals surface area contributed by atoms with Gasteiger partial charge in [0.2, 0.25) is 0 Å². The van der Waals surface area contributed by atoms with Gasteiger partial charge < -0.3 is 15.5 Å². The van der Waals surface area contributed by atoms with Crippen LogP contribution in [0.15, 0.2) is 35.1 Å². The number of hydrogen-bond acceptors (Lipinski definition) is 3. The second-order valence-corrected chi connectivity index (χ2v) is 4.03. The fraction of sp³-hybridized carbons (Fsp3) is 0.214. The van der Waals surface area contributed by atoms with E-state index in [2.05, 4.69) is 4.98 Å². The summed E-state index contributed by atoms with van der Waals surface area (Å²) in [7, 11) is 1.63. The van der Waals surface area contributed by atoms with Gasteiger partial charge in [0, 0.05) is 11.3 Å². The number of hydrogen-bond donors (Lipinski definition) is 2. The average molecular weight is 244 g/mol. The standard InChI is InChI=1S/C14H16N2O2/c1-3-13-11(8-12(15)14(17)16-13)9-4-6-10(18-2)7-5-9/h4-8H,3,15H2,1-2H3,(H,16,17). The Kier molecular flexibility index (Phi) is 3.37. The zero-order valence-electron chi connectivity index (χ0n) is 10.5. The minimum absolute atomic E-state index is 0.232. The van der Waals surface area contributed by atoms with Crippen LogP contribution in [0.5, 0.6) is 5.75 Å². The van der Waals surface area contributed by atoms with E-state index in [0.717, 1.165) is 29.0 Å². The van der Waals surface area contributed by atoms with E-state index in [9.17, 15) is 4.79 Å². The Balaban J connectivity index is 2.54. The molecule has 0 bridgehead atoms. The van der Waals surface area contributed by atoms with E-state index in [-0.39, 0.29) is 11.2 Å². The first-order valence-electron chi connectivity index (χ1n) is 5.81. The molecule has 3 N–H and O–H groups in total. The summed E-state index contributed by atoms with van der Waals surface area (Å²) in [5, 5.41) is 0. The number of H-pyrrole nitrogens is 1. The summed E-state index contributed by atoms with van der Waals surface area (Å²) >= 11 is 0. The number of anilines is 1. The Bertz CT molecular complexity index is 600. The number of aryl methyl sites for hydroxylation is 1. The van der Waals surface area contributed by atoms with E-state index in [1.807, 2.05) is 31.2 Å². The summed E-state index contributed by atoms with van der Waals surface area (Å²) in [5.74, 6) is 0.800. The third kappa shape index (κ3) is 2.22. The van der Waals surface area contributed by atoms with Gasteiger partial charge in [-0.05, 0) is 30.2 Å². The van der Waals surface area contributed by atoms with Crippen molar-refractivity contribution in [2.45, 2.75) is 13.3 Å². The highest BCUT2D eigenvalue weighted by Crippen LogP contribution is 2.25. The molecule has 2 rings (SSSR count). The van der Waals surface area contributed by atoms with Crippen molar-refractivity contribution in [2.75, 3.05) is 12.8 Å². The second kappa shape index (κ2) is 4.96. The van der Waals surface area contributed by atoms with Gasteiger partial charge in [-0.3, -0.25) is 4.79 Å². The zero-order valence-corrected chi connectivity index (χ0v) is 10.5. The van der Waals surface area contributed by atoms with Crippen molar-refractivity contribution in [3.63, 3.8) is 0 Å². The molecule has 1 aromatic heterocycles. The van der Waals surface area contributed by atoms with Crippen molar-refractivity contribution in [2.24, 2.45) is 0 Å². The van der Waals surface area contributed by atoms with Crippen molar-refractivity contribution < 1.29 is 4.74 Å². The van der Waals surface area contributed by atoms with Crippen LogP contribution in [-0.2, 0) is 6.42 Å². The first-order valence-corrected chi connectivity index (χ1v) is 5.81. The smallest absolute Gasteiger partial charge is 0.271 e. The number of pyridine rings is 1. The summed E-state index contributed by atoms with van der Waals surface area (Å²) < 4.78 is 5.12. The van der Waals surface area contributed by atoms with E-state index in [1.54, 1.807) is 13.2 Å². The van der Waals surface area contributed by atoms with Crippen LogP contribution in [-0.4, -0.2) is 12.1 Å². The molecule has 0 amide bonds. The van der Waals surface area contributed by atoms with Gasteiger partial charge in [0.05, 0.1) is 12.8 Å². The monoisotopic (exact) mass is 244 g/mol. The van der Waals surface area contributed by atoms with Gasteiger partial charge in [-0.25, -0.2) is 0 Å². The SMILES string of the molecule is CCc1[nH]c(=O)c(N)cc1-c1ccc(OC)cc1. The van der Waals surface area contributed by atoms with E-state index >= 15 is 0 Å². The zero-order chi connectivity index (χ0) is 13.1. The molecule has 4 nitrogen and oxygen atoms in total. The number of nitrogen functional groups attached to an aromatic ring is 1. The maximum absolute atomic E-state index is 11.5. The highest BCUT2D eigenvalue weighted by atomic mass is 16.5. The van der Waals surface area contributed by atoms with Gasteiger partial charge >= 0.3 is 0 Å². The molecule has 0 saturated carbocycles. The Morgan fingerprint density at radius 1 is 1.28 bits per heavy atom. The molecule has 0 saturated heterocycles. The van der Waals surface area contributed by atoms with Crippen LogP contribution in [0.25, 0.3) is 11.1 Å². The molecule has 1 heterocycles. The van der Waals surface area contributed by atoms with Crippen LogP contribution >= 0.6 is 0 Å². The molecule has 0 aliphatic heterocycles. The molecule has 4 heteroatoms. The number of nitrogens with one attached hydrogen (secondary N) is 1. The molecule has 2 aromatic rings. The van der Waals surface area contributed by atoms with E-state index in [4.69, 9.17) is 10.5 Å². The first-order chi connectivity index (χ1) is 8.65. The molecule has 0 spiro atoms. The third-order valence-corrected chi connectivity index (χ3v) is 2.91. The van der Waals surface area contributed by atoms with Crippen LogP contribution in [0.4, 0.5) is 5.69 Å². The highest BCUT2D eigenvalue weighted by molar-refractivity contribution is 5.69. The summed E-state index contributed by atoms with van der Waals surface area (Å²) in [5.41, 5.74) is 8.53. The van der Waals surface area contributed by atoms with E-state index in [1.165, 1.54) is 0 Å². The Labute approximate surface area is 105 Å². The number of aromatic nitrogens is 1. The fourth-order valence-corrected chi connectivity index (χ4v) is 1.89. The lowest BCUT2D eigenvalue weighted by Gasteiger charge is -2.09. The molecule has 0 unspecified atom stereocenters. The van der Waals surface area contributed by atoms with Gasteiger partial charge in [-0.2, -0.15) is 0 Å². The van der Waals surface area contributed by atoms with Crippen molar-refractivity contribution >= 4 is 5.69 Å². The lowest BCUT2D eigenvalue weighted by atomic mass is 10.0. The highest BCUT2D eigenvalue weighted by Gasteiger charge is 2.07. The number of methoxy groups -OCH3 is 1. The number of rotatable bonds is 3. The number of nitrogens with two attached hydrogens (primary N) is 1. The average Bonchev–Trinajstić information content (AvgIpc) is 2.41. The minimum Gasteiger partial charge on any atom is -0.497 e. The third-order valence-electron chi connectivity index (χ3n) is 2.91. The predicted molar refractivity (Wildman–Crippen MR) is 72.8 cm³/mol.